The van der Waals surface area contributed by atoms with Gasteiger partial charge in [0.1, 0.15) is 0 Å². The van der Waals surface area contributed by atoms with E-state index < -0.39 is 0 Å². The molecule has 3 rings (SSSR count). The predicted octanol–water partition coefficient (Wildman–Crippen LogP) is 3.69. The van der Waals surface area contributed by atoms with Crippen LogP contribution in [0.4, 0.5) is 0 Å². The van der Waals surface area contributed by atoms with Gasteiger partial charge >= 0.3 is 0 Å². The first-order valence-corrected chi connectivity index (χ1v) is 8.43. The predicted molar refractivity (Wildman–Crippen MR) is 89.2 cm³/mol. The van der Waals surface area contributed by atoms with Crippen LogP contribution < -0.4 is 0 Å². The molecule has 22 heavy (non-hydrogen) atoms. The summed E-state index contributed by atoms with van der Waals surface area (Å²) in [5.41, 5.74) is 2.53. The van der Waals surface area contributed by atoms with Gasteiger partial charge in [-0.2, -0.15) is 9.50 Å². The highest BCUT2D eigenvalue weighted by molar-refractivity contribution is 9.10. The SMILES string of the molecule is CC(=O)c1cnc2nc(SCc3ccc(Br)cc3)nn2c1C. The highest BCUT2D eigenvalue weighted by Crippen LogP contribution is 2.22. The molecule has 0 aliphatic heterocycles. The smallest absolute Gasteiger partial charge is 0.253 e. The molecule has 0 N–H and O–H groups in total. The van der Waals surface area contributed by atoms with E-state index in [-0.39, 0.29) is 5.78 Å². The van der Waals surface area contributed by atoms with E-state index in [1.54, 1.807) is 22.5 Å². The van der Waals surface area contributed by atoms with Crippen LogP contribution in [0.25, 0.3) is 5.78 Å². The number of aryl methyl sites for hydroxylation is 1. The molecule has 0 amide bonds. The molecule has 7 heteroatoms. The maximum absolute atomic E-state index is 11.5. The molecule has 0 atom stereocenters. The lowest BCUT2D eigenvalue weighted by atomic mass is 10.2. The van der Waals surface area contributed by atoms with E-state index in [0.717, 1.165) is 15.9 Å². The van der Waals surface area contributed by atoms with Crippen molar-refractivity contribution in [2.75, 3.05) is 0 Å². The Morgan fingerprint density at radius 3 is 2.73 bits per heavy atom. The molecule has 2 heterocycles. The van der Waals surface area contributed by atoms with E-state index in [0.29, 0.717) is 16.5 Å². The van der Waals surface area contributed by atoms with E-state index in [4.69, 9.17) is 0 Å². The zero-order valence-corrected chi connectivity index (χ0v) is 14.5. The average Bonchev–Trinajstić information content (AvgIpc) is 2.91. The molecule has 0 spiro atoms. The number of halogens is 1. The van der Waals surface area contributed by atoms with Crippen LogP contribution in [0.3, 0.4) is 0 Å². The van der Waals surface area contributed by atoms with Crippen LogP contribution in [-0.4, -0.2) is 25.4 Å². The summed E-state index contributed by atoms with van der Waals surface area (Å²) in [5.74, 6) is 1.27. The van der Waals surface area contributed by atoms with Crippen LogP contribution in [0.1, 0.15) is 28.5 Å². The van der Waals surface area contributed by atoms with Crippen LogP contribution in [-0.2, 0) is 5.75 Å². The van der Waals surface area contributed by atoms with Gasteiger partial charge in [-0.05, 0) is 31.5 Å². The van der Waals surface area contributed by atoms with Crippen molar-refractivity contribution >= 4 is 39.3 Å². The number of rotatable bonds is 4. The topological polar surface area (TPSA) is 60.2 Å². The van der Waals surface area contributed by atoms with Gasteiger partial charge in [0.2, 0.25) is 5.16 Å². The summed E-state index contributed by atoms with van der Waals surface area (Å²) in [6.07, 6.45) is 1.56. The van der Waals surface area contributed by atoms with Gasteiger partial charge in [-0.25, -0.2) is 4.98 Å². The molecular formula is C15H13BrN4OS. The van der Waals surface area contributed by atoms with Crippen LogP contribution in [0.15, 0.2) is 40.1 Å². The van der Waals surface area contributed by atoms with E-state index >= 15 is 0 Å². The second kappa shape index (κ2) is 6.18. The Bertz CT molecular complexity index is 845. The number of hydrogen-bond donors (Lipinski definition) is 0. The van der Waals surface area contributed by atoms with Crippen LogP contribution in [0.2, 0.25) is 0 Å². The normalized spacial score (nSPS) is 11.0. The molecule has 0 aliphatic rings. The minimum atomic E-state index is -0.0218. The summed E-state index contributed by atoms with van der Waals surface area (Å²) in [6, 6.07) is 8.14. The van der Waals surface area contributed by atoms with Gasteiger partial charge in [-0.1, -0.05) is 39.8 Å². The fourth-order valence-electron chi connectivity index (χ4n) is 2.06. The minimum Gasteiger partial charge on any atom is -0.294 e. The number of nitrogens with zero attached hydrogens (tertiary/aromatic N) is 4. The second-order valence-corrected chi connectivity index (χ2v) is 6.69. The third-order valence-electron chi connectivity index (χ3n) is 3.25. The summed E-state index contributed by atoms with van der Waals surface area (Å²) in [7, 11) is 0. The molecule has 0 saturated heterocycles. The van der Waals surface area contributed by atoms with Crippen molar-refractivity contribution < 1.29 is 4.79 Å². The van der Waals surface area contributed by atoms with Crippen molar-refractivity contribution in [3.8, 4) is 0 Å². The van der Waals surface area contributed by atoms with Gasteiger partial charge in [-0.15, -0.1) is 5.10 Å². The first kappa shape index (κ1) is 15.2. The second-order valence-electron chi connectivity index (χ2n) is 4.83. The number of hydrogen-bond acceptors (Lipinski definition) is 5. The van der Waals surface area contributed by atoms with E-state index in [1.165, 1.54) is 12.5 Å². The number of ketones is 1. The molecule has 0 bridgehead atoms. The summed E-state index contributed by atoms with van der Waals surface area (Å²) in [4.78, 5) is 20.1. The number of carbonyl (C=O) groups excluding carboxylic acids is 1. The molecule has 0 unspecified atom stereocenters. The summed E-state index contributed by atoms with van der Waals surface area (Å²) < 4.78 is 2.68. The number of Topliss-reactive ketones (excluding diaryl/α,β-unsaturated/α-hetero) is 1. The highest BCUT2D eigenvalue weighted by atomic mass is 79.9. The molecule has 2 aromatic heterocycles. The Morgan fingerprint density at radius 2 is 2.05 bits per heavy atom. The van der Waals surface area contributed by atoms with Crippen molar-refractivity contribution in [2.24, 2.45) is 0 Å². The van der Waals surface area contributed by atoms with Crippen molar-refractivity contribution in [3.05, 3.63) is 51.8 Å². The average molecular weight is 377 g/mol. The molecular weight excluding hydrogens is 364 g/mol. The fourth-order valence-corrected chi connectivity index (χ4v) is 3.10. The maximum atomic E-state index is 11.5. The lowest BCUT2D eigenvalue weighted by Crippen LogP contribution is -2.05. The van der Waals surface area contributed by atoms with Crippen molar-refractivity contribution in [2.45, 2.75) is 24.8 Å². The maximum Gasteiger partial charge on any atom is 0.253 e. The Balaban J connectivity index is 1.84. The van der Waals surface area contributed by atoms with Crippen molar-refractivity contribution in [1.29, 1.82) is 0 Å². The molecule has 0 fully saturated rings. The lowest BCUT2D eigenvalue weighted by molar-refractivity contribution is 0.101. The van der Waals surface area contributed by atoms with Crippen LogP contribution >= 0.6 is 27.7 Å². The van der Waals surface area contributed by atoms with Crippen molar-refractivity contribution in [1.82, 2.24) is 19.6 Å². The zero-order valence-electron chi connectivity index (χ0n) is 12.1. The van der Waals surface area contributed by atoms with Crippen molar-refractivity contribution in [3.63, 3.8) is 0 Å². The third kappa shape index (κ3) is 3.05. The number of benzene rings is 1. The zero-order chi connectivity index (χ0) is 15.7. The van der Waals surface area contributed by atoms with Gasteiger partial charge < -0.3 is 0 Å². The Morgan fingerprint density at radius 1 is 1.32 bits per heavy atom. The summed E-state index contributed by atoms with van der Waals surface area (Å²) >= 11 is 4.97. The monoisotopic (exact) mass is 376 g/mol. The summed E-state index contributed by atoms with van der Waals surface area (Å²) in [6.45, 7) is 3.37. The largest absolute Gasteiger partial charge is 0.294 e. The molecule has 0 aliphatic carbocycles. The third-order valence-corrected chi connectivity index (χ3v) is 4.69. The minimum absolute atomic E-state index is 0.0218. The molecule has 0 saturated carbocycles. The first-order chi connectivity index (χ1) is 10.5. The Hall–Kier alpha value is -1.73. The van der Waals surface area contributed by atoms with Gasteiger partial charge in [0.05, 0.1) is 11.3 Å². The van der Waals surface area contributed by atoms with Gasteiger partial charge in [0.25, 0.3) is 5.78 Å². The van der Waals surface area contributed by atoms with Gasteiger partial charge in [-0.3, -0.25) is 4.79 Å². The van der Waals surface area contributed by atoms with E-state index in [1.807, 2.05) is 19.1 Å². The Kier molecular flexibility index (Phi) is 4.26. The Labute approximate surface area is 140 Å². The number of thioether (sulfide) groups is 1. The molecule has 112 valence electrons. The van der Waals surface area contributed by atoms with Gasteiger partial charge in [0.15, 0.2) is 5.78 Å². The molecule has 5 nitrogen and oxygen atoms in total. The lowest BCUT2D eigenvalue weighted by Gasteiger charge is -2.01. The fraction of sp³-hybridized carbons (Fsp3) is 0.200. The first-order valence-electron chi connectivity index (χ1n) is 6.65. The van der Waals surface area contributed by atoms with E-state index in [9.17, 15) is 4.79 Å². The summed E-state index contributed by atoms with van der Waals surface area (Å²) in [5, 5.41) is 5.08. The molecule has 1 aromatic carbocycles. The van der Waals surface area contributed by atoms with Crippen LogP contribution in [0, 0.1) is 6.92 Å². The standard InChI is InChI=1S/C15H13BrN4OS/c1-9-13(10(2)21)7-17-14-18-15(19-20(9)14)22-8-11-3-5-12(16)6-4-11/h3-7H,8H2,1-2H3. The molecule has 3 aromatic rings. The number of carbonyl (C=O) groups is 1. The number of fused-ring (bicyclic) bond motifs is 1. The van der Waals surface area contributed by atoms with Gasteiger partial charge in [0, 0.05) is 16.4 Å². The highest BCUT2D eigenvalue weighted by Gasteiger charge is 2.12. The van der Waals surface area contributed by atoms with E-state index in [2.05, 4.69) is 43.1 Å². The quantitative estimate of drug-likeness (QED) is 0.513. The van der Waals surface area contributed by atoms with Crippen LogP contribution in [0.5, 0.6) is 0 Å². The molecule has 0 radical (unpaired) electrons. The number of aromatic nitrogens is 4.